The Labute approximate surface area is 122 Å². The van der Waals surface area contributed by atoms with E-state index >= 15 is 0 Å². The summed E-state index contributed by atoms with van der Waals surface area (Å²) in [7, 11) is -2.80. The number of sulfone groups is 1. The Bertz CT molecular complexity index is 515. The molecule has 1 aliphatic rings. The van der Waals surface area contributed by atoms with Crippen molar-refractivity contribution in [2.45, 2.75) is 12.8 Å². The molecule has 18 heavy (non-hydrogen) atoms. The van der Waals surface area contributed by atoms with Crippen molar-refractivity contribution in [3.63, 3.8) is 0 Å². The molecule has 1 aromatic carbocycles. The third-order valence-electron chi connectivity index (χ3n) is 3.52. The fourth-order valence-electron chi connectivity index (χ4n) is 2.51. The normalized spacial score (nSPS) is 24.0. The predicted octanol–water partition coefficient (Wildman–Crippen LogP) is 3.33. The van der Waals surface area contributed by atoms with E-state index in [-0.39, 0.29) is 5.92 Å². The van der Waals surface area contributed by atoms with Crippen molar-refractivity contribution in [1.82, 2.24) is 0 Å². The van der Waals surface area contributed by atoms with Crippen LogP contribution in [0.5, 0.6) is 0 Å². The summed E-state index contributed by atoms with van der Waals surface area (Å²) in [5, 5.41) is 1.57. The molecule has 0 spiro atoms. The van der Waals surface area contributed by atoms with Gasteiger partial charge in [-0.15, -0.1) is 0 Å². The van der Waals surface area contributed by atoms with Crippen LogP contribution >= 0.6 is 27.5 Å². The zero-order chi connectivity index (χ0) is 13.2. The monoisotopic (exact) mass is 350 g/mol. The smallest absolute Gasteiger partial charge is 0.150 e. The number of hydrogen-bond acceptors (Lipinski definition) is 2. The molecule has 5 heteroatoms. The molecule has 2 nitrogen and oxygen atoms in total. The molecule has 0 radical (unpaired) electrons. The van der Waals surface area contributed by atoms with Gasteiger partial charge >= 0.3 is 0 Å². The zero-order valence-electron chi connectivity index (χ0n) is 9.98. The largest absolute Gasteiger partial charge is 0.229 e. The number of rotatable bonds is 4. The lowest BCUT2D eigenvalue weighted by molar-refractivity contribution is 0.402. The van der Waals surface area contributed by atoms with Crippen molar-refractivity contribution in [2.24, 2.45) is 11.8 Å². The van der Waals surface area contributed by atoms with Crippen LogP contribution in [0.1, 0.15) is 12.0 Å². The third kappa shape index (κ3) is 3.72. The van der Waals surface area contributed by atoms with Crippen LogP contribution in [0.25, 0.3) is 0 Å². The van der Waals surface area contributed by atoms with Gasteiger partial charge in [-0.05, 0) is 42.4 Å². The molecule has 0 amide bonds. The van der Waals surface area contributed by atoms with E-state index in [1.165, 1.54) is 5.56 Å². The van der Waals surface area contributed by atoms with E-state index in [0.29, 0.717) is 17.4 Å². The first-order chi connectivity index (χ1) is 8.50. The molecule has 1 aromatic rings. The molecule has 0 N–H and O–H groups in total. The lowest BCUT2D eigenvalue weighted by Crippen LogP contribution is -2.20. The lowest BCUT2D eigenvalue weighted by atomic mass is 9.88. The Hall–Kier alpha value is -0.0600. The van der Waals surface area contributed by atoms with Gasteiger partial charge in [0.05, 0.1) is 11.5 Å². The molecule has 1 saturated heterocycles. The lowest BCUT2D eigenvalue weighted by Gasteiger charge is -2.20. The molecule has 0 aromatic heterocycles. The van der Waals surface area contributed by atoms with Crippen molar-refractivity contribution in [1.29, 1.82) is 0 Å². The summed E-state index contributed by atoms with van der Waals surface area (Å²) < 4.78 is 23.1. The van der Waals surface area contributed by atoms with E-state index in [2.05, 4.69) is 15.9 Å². The zero-order valence-corrected chi connectivity index (χ0v) is 13.1. The predicted molar refractivity (Wildman–Crippen MR) is 79.2 cm³/mol. The second kappa shape index (κ2) is 5.93. The van der Waals surface area contributed by atoms with Crippen LogP contribution in [0.4, 0.5) is 0 Å². The Morgan fingerprint density at radius 2 is 2.22 bits per heavy atom. The average Bonchev–Trinajstić information content (AvgIpc) is 2.66. The van der Waals surface area contributed by atoms with E-state index in [1.807, 2.05) is 24.3 Å². The Morgan fingerprint density at radius 1 is 1.44 bits per heavy atom. The highest BCUT2D eigenvalue weighted by Crippen LogP contribution is 2.30. The van der Waals surface area contributed by atoms with Crippen molar-refractivity contribution in [3.8, 4) is 0 Å². The van der Waals surface area contributed by atoms with Crippen molar-refractivity contribution in [2.75, 3.05) is 16.8 Å². The second-order valence-electron chi connectivity index (χ2n) is 4.91. The molecule has 2 atom stereocenters. The van der Waals surface area contributed by atoms with Crippen LogP contribution in [0, 0.1) is 11.8 Å². The minimum absolute atomic E-state index is 0.272. The van der Waals surface area contributed by atoms with Crippen LogP contribution in [0.15, 0.2) is 24.3 Å². The highest BCUT2D eigenvalue weighted by molar-refractivity contribution is 9.09. The quantitative estimate of drug-likeness (QED) is 0.780. The molecule has 0 aliphatic carbocycles. The minimum Gasteiger partial charge on any atom is -0.229 e. The number of alkyl halides is 1. The van der Waals surface area contributed by atoms with Crippen LogP contribution in [-0.4, -0.2) is 25.3 Å². The van der Waals surface area contributed by atoms with Gasteiger partial charge in [-0.25, -0.2) is 8.42 Å². The summed E-state index contributed by atoms with van der Waals surface area (Å²) in [6.07, 6.45) is 1.67. The molecule has 100 valence electrons. The van der Waals surface area contributed by atoms with E-state index < -0.39 is 9.84 Å². The summed E-state index contributed by atoms with van der Waals surface area (Å²) in [5.41, 5.74) is 1.18. The minimum atomic E-state index is -2.80. The Morgan fingerprint density at radius 3 is 2.78 bits per heavy atom. The van der Waals surface area contributed by atoms with Gasteiger partial charge in [-0.1, -0.05) is 39.7 Å². The number of hydrogen-bond donors (Lipinski definition) is 0. The van der Waals surface area contributed by atoms with E-state index in [1.54, 1.807) is 0 Å². The molecule has 2 unspecified atom stereocenters. The van der Waals surface area contributed by atoms with Crippen molar-refractivity contribution in [3.05, 3.63) is 34.9 Å². The van der Waals surface area contributed by atoms with E-state index in [4.69, 9.17) is 11.6 Å². The van der Waals surface area contributed by atoms with Crippen LogP contribution in [-0.2, 0) is 16.3 Å². The molecular weight excluding hydrogens is 336 g/mol. The maximum absolute atomic E-state index is 11.5. The van der Waals surface area contributed by atoms with Crippen LogP contribution in [0.3, 0.4) is 0 Å². The first-order valence-corrected chi connectivity index (χ1v) is 9.33. The van der Waals surface area contributed by atoms with Crippen LogP contribution in [0.2, 0.25) is 5.02 Å². The molecule has 0 saturated carbocycles. The van der Waals surface area contributed by atoms with Gasteiger partial charge in [0, 0.05) is 10.4 Å². The molecule has 0 bridgehead atoms. The van der Waals surface area contributed by atoms with Gasteiger partial charge in [0.25, 0.3) is 0 Å². The van der Waals surface area contributed by atoms with E-state index in [0.717, 1.165) is 23.2 Å². The summed E-state index contributed by atoms with van der Waals surface area (Å²) >= 11 is 9.48. The third-order valence-corrected chi connectivity index (χ3v) is 6.38. The molecular formula is C13H16BrClO2S. The van der Waals surface area contributed by atoms with Crippen molar-refractivity contribution >= 4 is 37.4 Å². The molecule has 1 fully saturated rings. The van der Waals surface area contributed by atoms with Crippen molar-refractivity contribution < 1.29 is 8.42 Å². The summed E-state index contributed by atoms with van der Waals surface area (Å²) in [4.78, 5) is 0. The SMILES string of the molecule is O=S1(=O)CCC(C(CBr)Cc2cccc(Cl)c2)C1. The maximum Gasteiger partial charge on any atom is 0.150 e. The molecule has 1 heterocycles. The van der Waals surface area contributed by atoms with Gasteiger partial charge in [-0.2, -0.15) is 0 Å². The summed E-state index contributed by atoms with van der Waals surface area (Å²) in [6.45, 7) is 0. The Kier molecular flexibility index (Phi) is 4.73. The van der Waals surface area contributed by atoms with Gasteiger partial charge in [0.2, 0.25) is 0 Å². The van der Waals surface area contributed by atoms with Gasteiger partial charge in [0.1, 0.15) is 0 Å². The summed E-state index contributed by atoms with van der Waals surface area (Å²) in [6, 6.07) is 7.80. The van der Waals surface area contributed by atoms with Gasteiger partial charge in [0.15, 0.2) is 9.84 Å². The fraction of sp³-hybridized carbons (Fsp3) is 0.538. The Balaban J connectivity index is 2.06. The second-order valence-corrected chi connectivity index (χ2v) is 8.22. The first-order valence-electron chi connectivity index (χ1n) is 6.01. The summed E-state index contributed by atoms with van der Waals surface area (Å²) in [5.74, 6) is 1.31. The van der Waals surface area contributed by atoms with Gasteiger partial charge < -0.3 is 0 Å². The average molecular weight is 352 g/mol. The number of benzene rings is 1. The standard InChI is InChI=1S/C13H16BrClO2S/c14-8-12(11-4-5-18(16,17)9-11)6-10-2-1-3-13(15)7-10/h1-3,7,11-12H,4-6,8-9H2. The topological polar surface area (TPSA) is 34.1 Å². The highest BCUT2D eigenvalue weighted by Gasteiger charge is 2.33. The number of halogens is 2. The fourth-order valence-corrected chi connectivity index (χ4v) is 5.40. The molecule has 1 aliphatic heterocycles. The van der Waals surface area contributed by atoms with Crippen LogP contribution < -0.4 is 0 Å². The molecule has 2 rings (SSSR count). The highest BCUT2D eigenvalue weighted by atomic mass is 79.9. The maximum atomic E-state index is 11.5. The van der Waals surface area contributed by atoms with Gasteiger partial charge in [-0.3, -0.25) is 0 Å². The first kappa shape index (κ1) is 14.4. The van der Waals surface area contributed by atoms with E-state index in [9.17, 15) is 8.42 Å².